The quantitative estimate of drug-likeness (QED) is 0.848. The zero-order valence-electron chi connectivity index (χ0n) is 10.2. The van der Waals surface area contributed by atoms with E-state index in [-0.39, 0.29) is 5.91 Å². The van der Waals surface area contributed by atoms with Crippen molar-refractivity contribution in [3.8, 4) is 0 Å². The Morgan fingerprint density at radius 3 is 2.59 bits per heavy atom. The van der Waals surface area contributed by atoms with Gasteiger partial charge in [-0.1, -0.05) is 24.3 Å². The Labute approximate surface area is 101 Å². The molecule has 0 bridgehead atoms. The van der Waals surface area contributed by atoms with Crippen LogP contribution in [0.15, 0.2) is 35.0 Å². The maximum Gasteiger partial charge on any atom is 0.217 e. The number of nitrogens with one attached hydrogen (secondary N) is 1. The average molecular weight is 228 g/mol. The molecule has 17 heavy (non-hydrogen) atoms. The molecule has 0 spiro atoms. The number of carbonyl (C=O) groups is 1. The third kappa shape index (κ3) is 2.81. The predicted molar refractivity (Wildman–Crippen MR) is 69.7 cm³/mol. The van der Waals surface area contributed by atoms with Crippen molar-refractivity contribution in [2.24, 2.45) is 4.99 Å². The molecule has 0 unspecified atom stereocenters. The van der Waals surface area contributed by atoms with Crippen molar-refractivity contribution in [2.75, 3.05) is 0 Å². The molecule has 1 aromatic carbocycles. The molecule has 0 saturated heterocycles. The highest BCUT2D eigenvalue weighted by atomic mass is 16.1. The molecule has 1 heterocycles. The van der Waals surface area contributed by atoms with Gasteiger partial charge in [-0.3, -0.25) is 9.79 Å². The molecule has 0 saturated carbocycles. The zero-order valence-corrected chi connectivity index (χ0v) is 10.2. The molecule has 3 nitrogen and oxygen atoms in total. The third-order valence-electron chi connectivity index (χ3n) is 2.86. The number of hydrogen-bond donors (Lipinski definition) is 1. The minimum absolute atomic E-state index is 0.00294. The molecular weight excluding hydrogens is 212 g/mol. The van der Waals surface area contributed by atoms with Gasteiger partial charge in [0.1, 0.15) is 0 Å². The molecule has 1 aromatic rings. The number of allylic oxidation sites excluding steroid dienone is 2. The Morgan fingerprint density at radius 1 is 1.35 bits per heavy atom. The predicted octanol–water partition coefficient (Wildman–Crippen LogP) is 2.53. The standard InChI is InChI=1S/C14H16N2O/c1-10-14(7-8-15-10)13-5-3-12(4-6-13)9-16-11(2)17/h3-6,8H,7,9H2,1-2H3,(H,16,17). The second-order valence-corrected chi connectivity index (χ2v) is 4.19. The maximum absolute atomic E-state index is 10.8. The lowest BCUT2D eigenvalue weighted by molar-refractivity contribution is -0.119. The van der Waals surface area contributed by atoms with Gasteiger partial charge in [0.2, 0.25) is 5.91 Å². The highest BCUT2D eigenvalue weighted by molar-refractivity contribution is 5.86. The van der Waals surface area contributed by atoms with Crippen LogP contribution in [0.25, 0.3) is 5.57 Å². The third-order valence-corrected chi connectivity index (χ3v) is 2.86. The summed E-state index contributed by atoms with van der Waals surface area (Å²) in [6.07, 6.45) is 2.85. The smallest absolute Gasteiger partial charge is 0.217 e. The molecule has 3 heteroatoms. The van der Waals surface area contributed by atoms with Crippen LogP contribution in [0, 0.1) is 0 Å². The topological polar surface area (TPSA) is 41.5 Å². The largest absolute Gasteiger partial charge is 0.352 e. The van der Waals surface area contributed by atoms with E-state index in [0.717, 1.165) is 17.7 Å². The van der Waals surface area contributed by atoms with E-state index in [1.165, 1.54) is 18.1 Å². The summed E-state index contributed by atoms with van der Waals surface area (Å²) in [7, 11) is 0. The Bertz CT molecular complexity index is 483. The summed E-state index contributed by atoms with van der Waals surface area (Å²) in [5.41, 5.74) is 4.71. The highest BCUT2D eigenvalue weighted by Gasteiger charge is 2.08. The second-order valence-electron chi connectivity index (χ2n) is 4.19. The number of rotatable bonds is 3. The van der Waals surface area contributed by atoms with E-state index in [1.54, 1.807) is 0 Å². The van der Waals surface area contributed by atoms with Crippen LogP contribution >= 0.6 is 0 Å². The SMILES string of the molecule is CC(=O)NCc1ccc(C2=C(C)N=CC2)cc1. The van der Waals surface area contributed by atoms with Crippen molar-refractivity contribution in [3.63, 3.8) is 0 Å². The average Bonchev–Trinajstić information content (AvgIpc) is 2.73. The number of hydrogen-bond acceptors (Lipinski definition) is 2. The molecule has 1 N–H and O–H groups in total. The first-order valence-electron chi connectivity index (χ1n) is 5.73. The van der Waals surface area contributed by atoms with Gasteiger partial charge in [-0.2, -0.15) is 0 Å². The van der Waals surface area contributed by atoms with Crippen molar-refractivity contribution in [1.29, 1.82) is 0 Å². The van der Waals surface area contributed by atoms with Crippen LogP contribution in [0.3, 0.4) is 0 Å². The number of nitrogens with zero attached hydrogens (tertiary/aromatic N) is 1. The normalized spacial score (nSPS) is 14.2. The van der Waals surface area contributed by atoms with Gasteiger partial charge in [-0.25, -0.2) is 0 Å². The fourth-order valence-electron chi connectivity index (χ4n) is 1.88. The van der Waals surface area contributed by atoms with Crippen molar-refractivity contribution in [1.82, 2.24) is 5.32 Å². The van der Waals surface area contributed by atoms with Crippen LogP contribution in [0.1, 0.15) is 31.4 Å². The summed E-state index contributed by atoms with van der Waals surface area (Å²) in [5, 5.41) is 2.78. The van der Waals surface area contributed by atoms with E-state index in [4.69, 9.17) is 0 Å². The fraction of sp³-hybridized carbons (Fsp3) is 0.286. The first-order chi connectivity index (χ1) is 8.16. The molecule has 2 rings (SSSR count). The summed E-state index contributed by atoms with van der Waals surface area (Å²) in [6.45, 7) is 4.15. The van der Waals surface area contributed by atoms with E-state index in [1.807, 2.05) is 25.3 Å². The van der Waals surface area contributed by atoms with Gasteiger partial charge in [0.25, 0.3) is 0 Å². The summed E-state index contributed by atoms with van der Waals surface area (Å²) in [4.78, 5) is 15.1. The number of aliphatic imine (C=N–C) groups is 1. The van der Waals surface area contributed by atoms with Gasteiger partial charge in [0.05, 0.1) is 0 Å². The number of benzene rings is 1. The number of amides is 1. The van der Waals surface area contributed by atoms with Gasteiger partial charge in [0, 0.05) is 31.8 Å². The lowest BCUT2D eigenvalue weighted by Gasteiger charge is -2.06. The van der Waals surface area contributed by atoms with Crippen LogP contribution in [0.2, 0.25) is 0 Å². The Hall–Kier alpha value is -1.90. The van der Waals surface area contributed by atoms with Crippen molar-refractivity contribution < 1.29 is 4.79 Å². The Kier molecular flexibility index (Phi) is 3.38. The zero-order chi connectivity index (χ0) is 12.3. The molecule has 0 atom stereocenters. The van der Waals surface area contributed by atoms with Crippen LogP contribution in [-0.4, -0.2) is 12.1 Å². The molecule has 1 aliphatic rings. The van der Waals surface area contributed by atoms with Crippen LogP contribution in [0.4, 0.5) is 0 Å². The van der Waals surface area contributed by atoms with E-state index in [2.05, 4.69) is 22.4 Å². The Balaban J connectivity index is 2.08. The van der Waals surface area contributed by atoms with E-state index in [9.17, 15) is 4.79 Å². The molecule has 0 aliphatic carbocycles. The van der Waals surface area contributed by atoms with Crippen LogP contribution in [0.5, 0.6) is 0 Å². The molecule has 1 amide bonds. The van der Waals surface area contributed by atoms with Gasteiger partial charge in [-0.05, 0) is 23.6 Å². The monoisotopic (exact) mass is 228 g/mol. The van der Waals surface area contributed by atoms with E-state index in [0.29, 0.717) is 6.54 Å². The van der Waals surface area contributed by atoms with Gasteiger partial charge in [0.15, 0.2) is 0 Å². The highest BCUT2D eigenvalue weighted by Crippen LogP contribution is 2.26. The van der Waals surface area contributed by atoms with Gasteiger partial charge in [-0.15, -0.1) is 0 Å². The lowest BCUT2D eigenvalue weighted by atomic mass is 10.0. The summed E-state index contributed by atoms with van der Waals surface area (Å²) >= 11 is 0. The molecule has 0 fully saturated rings. The van der Waals surface area contributed by atoms with Crippen LogP contribution in [-0.2, 0) is 11.3 Å². The summed E-state index contributed by atoms with van der Waals surface area (Å²) < 4.78 is 0. The van der Waals surface area contributed by atoms with Crippen molar-refractivity contribution in [2.45, 2.75) is 26.8 Å². The van der Waals surface area contributed by atoms with Crippen molar-refractivity contribution >= 4 is 17.7 Å². The fourth-order valence-corrected chi connectivity index (χ4v) is 1.88. The van der Waals surface area contributed by atoms with E-state index < -0.39 is 0 Å². The molecule has 0 radical (unpaired) electrons. The van der Waals surface area contributed by atoms with Gasteiger partial charge < -0.3 is 5.32 Å². The second kappa shape index (κ2) is 4.95. The molecule has 1 aliphatic heterocycles. The summed E-state index contributed by atoms with van der Waals surface area (Å²) in [5.74, 6) is -0.00294. The Morgan fingerprint density at radius 2 is 2.06 bits per heavy atom. The minimum Gasteiger partial charge on any atom is -0.352 e. The lowest BCUT2D eigenvalue weighted by Crippen LogP contribution is -2.18. The van der Waals surface area contributed by atoms with Crippen LogP contribution < -0.4 is 5.32 Å². The first-order valence-corrected chi connectivity index (χ1v) is 5.73. The molecular formula is C14H16N2O. The first kappa shape index (κ1) is 11.6. The van der Waals surface area contributed by atoms with Gasteiger partial charge >= 0.3 is 0 Å². The molecule has 0 aromatic heterocycles. The maximum atomic E-state index is 10.8. The summed E-state index contributed by atoms with van der Waals surface area (Å²) in [6, 6.07) is 8.27. The molecule has 88 valence electrons. The van der Waals surface area contributed by atoms with E-state index >= 15 is 0 Å². The number of carbonyl (C=O) groups excluding carboxylic acids is 1. The minimum atomic E-state index is -0.00294. The van der Waals surface area contributed by atoms with Crippen molar-refractivity contribution in [3.05, 3.63) is 41.1 Å².